The van der Waals surface area contributed by atoms with Gasteiger partial charge in [-0.2, -0.15) is 8.75 Å². The van der Waals surface area contributed by atoms with Crippen LogP contribution < -0.4 is 14.2 Å². The molecule has 8 aromatic carbocycles. The van der Waals surface area contributed by atoms with Crippen molar-refractivity contribution >= 4 is 67.9 Å². The molecule has 59 heavy (non-hydrogen) atoms. The number of hydrogen-bond donors (Lipinski definition) is 0. The van der Waals surface area contributed by atoms with Crippen LogP contribution in [-0.2, 0) is 6.54 Å². The highest BCUT2D eigenvalue weighted by Gasteiger charge is 2.25. The number of nitrogens with zero attached hydrogens (tertiary/aromatic N) is 7. The minimum absolute atomic E-state index is 0.105. The van der Waals surface area contributed by atoms with E-state index < -0.39 is 11.6 Å². The van der Waals surface area contributed by atoms with Crippen LogP contribution in [0.5, 0.6) is 0 Å². The molecule has 0 aliphatic heterocycles. The molecule has 2 aromatic heterocycles. The van der Waals surface area contributed by atoms with Gasteiger partial charge in [-0.3, -0.25) is 0 Å². The van der Waals surface area contributed by atoms with Gasteiger partial charge >= 0.3 is 0 Å². The Labute approximate surface area is 343 Å². The molecule has 10 rings (SSSR count). The van der Waals surface area contributed by atoms with Gasteiger partial charge in [0, 0.05) is 61.8 Å². The maximum absolute atomic E-state index is 15.2. The summed E-state index contributed by atoms with van der Waals surface area (Å²) >= 11 is 1.11. The summed E-state index contributed by atoms with van der Waals surface area (Å²) in [6, 6.07) is 61.1. The number of fused-ring (bicyclic) bond motifs is 2. The normalized spacial score (nSPS) is 11.3. The fourth-order valence-corrected chi connectivity index (χ4v) is 8.28. The van der Waals surface area contributed by atoms with Gasteiger partial charge in [0.15, 0.2) is 0 Å². The van der Waals surface area contributed by atoms with E-state index in [-0.39, 0.29) is 12.1 Å². The summed E-state index contributed by atoms with van der Waals surface area (Å²) in [6.07, 6.45) is 0. The maximum atomic E-state index is 15.2. The van der Waals surface area contributed by atoms with E-state index in [0.717, 1.165) is 68.1 Å². The minimum atomic E-state index is -0.657. The highest BCUT2D eigenvalue weighted by molar-refractivity contribution is 7.00. The maximum Gasteiger partial charge on any atom is 0.279 e. The molecule has 0 saturated heterocycles. The number of para-hydroxylation sites is 4. The van der Waals surface area contributed by atoms with Crippen molar-refractivity contribution in [3.05, 3.63) is 205 Å². The number of hydrogen-bond acceptors (Lipinski definition) is 5. The van der Waals surface area contributed by atoms with Crippen LogP contribution in [0.15, 0.2) is 188 Å². The Morgan fingerprint density at radius 3 is 1.36 bits per heavy atom. The van der Waals surface area contributed by atoms with Crippen molar-refractivity contribution in [2.75, 3.05) is 9.80 Å². The lowest BCUT2D eigenvalue weighted by molar-refractivity contribution is 0.532. The fourth-order valence-electron chi connectivity index (χ4n) is 7.72. The molecule has 0 bridgehead atoms. The van der Waals surface area contributed by atoms with Crippen LogP contribution in [0.4, 0.5) is 42.9 Å². The molecule has 7 nitrogen and oxygen atoms in total. The zero-order chi connectivity index (χ0) is 39.7. The van der Waals surface area contributed by atoms with Crippen molar-refractivity contribution in [2.45, 2.75) is 6.54 Å². The lowest BCUT2D eigenvalue weighted by atomic mass is 9.94. The smallest absolute Gasteiger partial charge is 0.279 e. The Hall–Kier alpha value is -7.56. The van der Waals surface area contributed by atoms with E-state index in [0.29, 0.717) is 22.1 Å². The van der Waals surface area contributed by atoms with Crippen molar-refractivity contribution < 1.29 is 8.78 Å². The fraction of sp³-hybridized carbons (Fsp3) is 0.0204. The van der Waals surface area contributed by atoms with Crippen LogP contribution in [0.2, 0.25) is 0 Å². The van der Waals surface area contributed by atoms with Gasteiger partial charge in [0.2, 0.25) is 0 Å². The standard InChI is InChI=1S/C49H33F2N7S/c50-42-22-13-23-43(51)41(42)32-56-49-45(34-26-30-40(31-27-34)58(37-18-9-3-10-19-37)38-20-11-4-12-21-38)47-46(53-59-54-47)44(48(49)52-55-56)33-24-28-39(29-25-33)57(35-14-5-1-6-15-35)36-16-7-2-8-17-36/h1-31H,32H2. The third kappa shape index (κ3) is 6.65. The third-order valence-electron chi connectivity index (χ3n) is 10.4. The predicted octanol–water partition coefficient (Wildman–Crippen LogP) is 12.9. The molecule has 0 N–H and O–H groups in total. The lowest BCUT2D eigenvalue weighted by Crippen LogP contribution is -2.09. The molecule has 0 spiro atoms. The Morgan fingerprint density at radius 2 is 0.898 bits per heavy atom. The number of anilines is 6. The van der Waals surface area contributed by atoms with E-state index in [1.165, 1.54) is 18.2 Å². The number of benzene rings is 8. The highest BCUT2D eigenvalue weighted by atomic mass is 32.1. The molecule has 2 heterocycles. The van der Waals surface area contributed by atoms with Crippen molar-refractivity contribution in [3.63, 3.8) is 0 Å². The van der Waals surface area contributed by atoms with Crippen LogP contribution in [-0.4, -0.2) is 19.4 Å². The summed E-state index contributed by atoms with van der Waals surface area (Å²) in [5, 5.41) is 9.29. The Kier molecular flexibility index (Phi) is 9.36. The molecule has 0 fully saturated rings. The average molecular weight is 790 g/mol. The molecule has 284 valence electrons. The van der Waals surface area contributed by atoms with Gasteiger partial charge in [0.25, 0.3) is 11.7 Å². The SMILES string of the molecule is Fc1cccc(F)c1Cn1nnc2c(-c3ccc(N(c4ccccc4)c4ccccc4)cc3)c3[n-][s+]nc3c(-c3ccc(N(c4ccccc4)c4ccccc4)cc3)c21. The second kappa shape index (κ2) is 15.4. The van der Waals surface area contributed by atoms with Gasteiger partial charge in [0.1, 0.15) is 17.2 Å². The van der Waals surface area contributed by atoms with E-state index in [1.54, 1.807) is 4.68 Å². The van der Waals surface area contributed by atoms with Gasteiger partial charge in [-0.15, -0.1) is 5.10 Å². The topological polar surface area (TPSA) is 64.2 Å². The third-order valence-corrected chi connectivity index (χ3v) is 11.0. The number of halogens is 2. The molecule has 0 aliphatic rings. The Morgan fingerprint density at radius 1 is 0.475 bits per heavy atom. The van der Waals surface area contributed by atoms with Crippen LogP contribution in [0, 0.1) is 11.6 Å². The summed E-state index contributed by atoms with van der Waals surface area (Å²) in [6.45, 7) is -0.180. The summed E-state index contributed by atoms with van der Waals surface area (Å²) in [5.41, 5.74) is 11.5. The monoisotopic (exact) mass is 789 g/mol. The van der Waals surface area contributed by atoms with Gasteiger partial charge in [-0.25, -0.2) is 13.5 Å². The minimum Gasteiger partial charge on any atom is -0.311 e. The molecule has 10 heteroatoms. The Bertz CT molecular complexity index is 2930. The first kappa shape index (κ1) is 35.8. The van der Waals surface area contributed by atoms with Gasteiger partial charge < -0.3 is 9.80 Å². The predicted molar refractivity (Wildman–Crippen MR) is 234 cm³/mol. The van der Waals surface area contributed by atoms with Crippen LogP contribution in [0.3, 0.4) is 0 Å². The first-order valence-electron chi connectivity index (χ1n) is 19.1. The second-order valence-electron chi connectivity index (χ2n) is 14.0. The zero-order valence-corrected chi connectivity index (χ0v) is 32.2. The summed E-state index contributed by atoms with van der Waals surface area (Å²) < 4.78 is 41.7. The van der Waals surface area contributed by atoms with E-state index in [1.807, 2.05) is 97.1 Å². The van der Waals surface area contributed by atoms with Gasteiger partial charge in [0.05, 0.1) is 12.1 Å². The van der Waals surface area contributed by atoms with E-state index in [9.17, 15) is 0 Å². The van der Waals surface area contributed by atoms with E-state index in [2.05, 4.69) is 87.8 Å². The molecule has 10 aromatic rings. The first-order chi connectivity index (χ1) is 29.1. The summed E-state index contributed by atoms with van der Waals surface area (Å²) in [4.78, 5) is 4.39. The van der Waals surface area contributed by atoms with Crippen LogP contribution in [0.1, 0.15) is 5.56 Å². The lowest BCUT2D eigenvalue weighted by Gasteiger charge is -2.26. The summed E-state index contributed by atoms with van der Waals surface area (Å²) in [5.74, 6) is -1.31. The highest BCUT2D eigenvalue weighted by Crippen LogP contribution is 2.44. The molecule has 0 radical (unpaired) electrons. The second-order valence-corrected chi connectivity index (χ2v) is 14.5. The van der Waals surface area contributed by atoms with E-state index in [4.69, 9.17) is 13.8 Å². The quantitative estimate of drug-likeness (QED) is 0.129. The van der Waals surface area contributed by atoms with Crippen molar-refractivity contribution in [1.29, 1.82) is 0 Å². The zero-order valence-electron chi connectivity index (χ0n) is 31.4. The number of rotatable bonds is 10. The van der Waals surface area contributed by atoms with Crippen molar-refractivity contribution in [1.82, 2.24) is 23.7 Å². The molecule has 0 unspecified atom stereocenters. The Balaban J connectivity index is 1.14. The van der Waals surface area contributed by atoms with Crippen molar-refractivity contribution in [3.8, 4) is 22.3 Å². The average Bonchev–Trinajstić information content (AvgIpc) is 3.94. The van der Waals surface area contributed by atoms with Gasteiger partial charge in [-0.05, 0) is 96.1 Å². The molecule has 0 atom stereocenters. The molecular formula is C49H33F2N7S. The first-order valence-corrected chi connectivity index (χ1v) is 19.8. The van der Waals surface area contributed by atoms with Crippen LogP contribution in [0.25, 0.3) is 44.3 Å². The molecule has 0 amide bonds. The molecule has 0 saturated carbocycles. The van der Waals surface area contributed by atoms with E-state index >= 15 is 8.78 Å². The summed E-state index contributed by atoms with van der Waals surface area (Å²) in [7, 11) is 0. The van der Waals surface area contributed by atoms with Gasteiger partial charge in [-0.1, -0.05) is 108 Å². The number of aromatic nitrogens is 5. The van der Waals surface area contributed by atoms with Crippen molar-refractivity contribution in [2.24, 2.45) is 0 Å². The molecule has 0 aliphatic carbocycles. The van der Waals surface area contributed by atoms with Crippen LogP contribution >= 0.6 is 11.7 Å². The molecular weight excluding hydrogens is 757 g/mol. The largest absolute Gasteiger partial charge is 0.311 e.